The van der Waals surface area contributed by atoms with Crippen LogP contribution >= 0.6 is 15.9 Å². The van der Waals surface area contributed by atoms with Crippen LogP contribution in [0.25, 0.3) is 0 Å². The Balaban J connectivity index is 2.23. The third-order valence-corrected chi connectivity index (χ3v) is 2.52. The summed E-state index contributed by atoms with van der Waals surface area (Å²) in [4.78, 5) is 3.99. The highest BCUT2D eigenvalue weighted by Gasteiger charge is 2.21. The molecule has 1 aromatic rings. The Bertz CT molecular complexity index is 229. The van der Waals surface area contributed by atoms with Gasteiger partial charge in [-0.15, -0.1) is 0 Å². The Morgan fingerprint density at radius 2 is 2.40 bits per heavy atom. The molecule has 0 unspecified atom stereocenters. The first-order valence-corrected chi connectivity index (χ1v) is 4.22. The minimum Gasteiger partial charge on any atom is -0.237 e. The molecule has 0 saturated heterocycles. The van der Waals surface area contributed by atoms with E-state index >= 15 is 0 Å². The largest absolute Gasteiger partial charge is 0.237 e. The van der Waals surface area contributed by atoms with E-state index in [1.807, 2.05) is 4.68 Å². The Kier molecular flexibility index (Phi) is 1.48. The average molecular weight is 202 g/mol. The first kappa shape index (κ1) is 6.34. The Morgan fingerprint density at radius 1 is 1.60 bits per heavy atom. The second-order valence-corrected chi connectivity index (χ2v) is 3.27. The number of hydrogen-bond donors (Lipinski definition) is 0. The number of rotatable bonds is 1. The lowest BCUT2D eigenvalue weighted by Gasteiger charge is -2.25. The van der Waals surface area contributed by atoms with Crippen molar-refractivity contribution < 1.29 is 0 Å². The summed E-state index contributed by atoms with van der Waals surface area (Å²) in [7, 11) is 0. The van der Waals surface area contributed by atoms with E-state index in [-0.39, 0.29) is 0 Å². The standard InChI is InChI=1S/C6H8BrN3/c7-6-8-4-9-10(6)5-2-1-3-5/h4-5H,1-3H2. The molecule has 54 valence electrons. The summed E-state index contributed by atoms with van der Waals surface area (Å²) in [5, 5.41) is 4.10. The summed E-state index contributed by atoms with van der Waals surface area (Å²) in [5.74, 6) is 0. The Labute approximate surface area is 67.6 Å². The van der Waals surface area contributed by atoms with Crippen LogP contribution in [0.4, 0.5) is 0 Å². The van der Waals surface area contributed by atoms with E-state index in [4.69, 9.17) is 0 Å². The van der Waals surface area contributed by atoms with Crippen molar-refractivity contribution in [2.75, 3.05) is 0 Å². The molecule has 0 amide bonds. The summed E-state index contributed by atoms with van der Waals surface area (Å²) in [6, 6.07) is 0.608. The van der Waals surface area contributed by atoms with Gasteiger partial charge in [0.1, 0.15) is 6.33 Å². The molecular formula is C6H8BrN3. The van der Waals surface area contributed by atoms with Crippen LogP contribution in [-0.2, 0) is 0 Å². The molecule has 10 heavy (non-hydrogen) atoms. The maximum absolute atomic E-state index is 4.10. The second-order valence-electron chi connectivity index (χ2n) is 2.56. The van der Waals surface area contributed by atoms with Crippen LogP contribution in [0.3, 0.4) is 0 Å². The third-order valence-electron chi connectivity index (χ3n) is 1.95. The normalized spacial score (nSPS) is 18.9. The van der Waals surface area contributed by atoms with Crippen LogP contribution in [0.2, 0.25) is 0 Å². The molecule has 1 heterocycles. The van der Waals surface area contributed by atoms with Gasteiger partial charge in [0, 0.05) is 0 Å². The van der Waals surface area contributed by atoms with Crippen LogP contribution in [0.1, 0.15) is 25.3 Å². The fraction of sp³-hybridized carbons (Fsp3) is 0.667. The van der Waals surface area contributed by atoms with Gasteiger partial charge in [-0.05, 0) is 35.2 Å². The van der Waals surface area contributed by atoms with E-state index in [0.717, 1.165) is 4.73 Å². The highest BCUT2D eigenvalue weighted by molar-refractivity contribution is 9.10. The third kappa shape index (κ3) is 0.868. The minimum absolute atomic E-state index is 0.608. The SMILES string of the molecule is Brc1ncnn1C1CCC1. The zero-order chi connectivity index (χ0) is 6.97. The van der Waals surface area contributed by atoms with E-state index in [2.05, 4.69) is 26.0 Å². The van der Waals surface area contributed by atoms with Gasteiger partial charge < -0.3 is 0 Å². The van der Waals surface area contributed by atoms with E-state index in [1.54, 1.807) is 6.33 Å². The minimum atomic E-state index is 0.608. The summed E-state index contributed by atoms with van der Waals surface area (Å²) >= 11 is 3.33. The molecule has 1 aromatic heterocycles. The highest BCUT2D eigenvalue weighted by Crippen LogP contribution is 2.32. The predicted molar refractivity (Wildman–Crippen MR) is 40.6 cm³/mol. The van der Waals surface area contributed by atoms with Gasteiger partial charge in [0.05, 0.1) is 6.04 Å². The lowest BCUT2D eigenvalue weighted by molar-refractivity contribution is 0.284. The highest BCUT2D eigenvalue weighted by atomic mass is 79.9. The first-order valence-electron chi connectivity index (χ1n) is 3.43. The maximum atomic E-state index is 4.10. The van der Waals surface area contributed by atoms with Crippen LogP contribution in [0, 0.1) is 0 Å². The Morgan fingerprint density at radius 3 is 2.80 bits per heavy atom. The lowest BCUT2D eigenvalue weighted by atomic mass is 9.94. The molecule has 0 aromatic carbocycles. The smallest absolute Gasteiger partial charge is 0.195 e. The lowest BCUT2D eigenvalue weighted by Crippen LogP contribution is -2.18. The fourth-order valence-electron chi connectivity index (χ4n) is 1.11. The number of nitrogens with zero attached hydrogens (tertiary/aromatic N) is 3. The summed E-state index contributed by atoms with van der Waals surface area (Å²) < 4.78 is 2.81. The zero-order valence-electron chi connectivity index (χ0n) is 5.50. The van der Waals surface area contributed by atoms with Gasteiger partial charge in [-0.2, -0.15) is 5.10 Å². The van der Waals surface area contributed by atoms with Crippen LogP contribution in [0.5, 0.6) is 0 Å². The van der Waals surface area contributed by atoms with Gasteiger partial charge in [0.15, 0.2) is 4.73 Å². The molecule has 1 aliphatic carbocycles. The molecule has 3 nitrogen and oxygen atoms in total. The molecule has 1 saturated carbocycles. The number of aromatic nitrogens is 3. The van der Waals surface area contributed by atoms with Crippen molar-refractivity contribution in [3.05, 3.63) is 11.1 Å². The van der Waals surface area contributed by atoms with Gasteiger partial charge in [-0.3, -0.25) is 0 Å². The average Bonchev–Trinajstić information content (AvgIpc) is 2.12. The van der Waals surface area contributed by atoms with Gasteiger partial charge in [-0.25, -0.2) is 9.67 Å². The van der Waals surface area contributed by atoms with Crippen molar-refractivity contribution >= 4 is 15.9 Å². The second kappa shape index (κ2) is 2.34. The maximum Gasteiger partial charge on any atom is 0.195 e. The van der Waals surface area contributed by atoms with Gasteiger partial charge in [0.2, 0.25) is 0 Å². The molecule has 0 spiro atoms. The van der Waals surface area contributed by atoms with Gasteiger partial charge in [-0.1, -0.05) is 0 Å². The van der Waals surface area contributed by atoms with Crippen molar-refractivity contribution in [2.24, 2.45) is 0 Å². The molecule has 0 bridgehead atoms. The van der Waals surface area contributed by atoms with Crippen LogP contribution < -0.4 is 0 Å². The molecule has 1 fully saturated rings. The van der Waals surface area contributed by atoms with Gasteiger partial charge in [0.25, 0.3) is 0 Å². The zero-order valence-corrected chi connectivity index (χ0v) is 7.08. The molecule has 0 atom stereocenters. The molecule has 0 radical (unpaired) electrons. The van der Waals surface area contributed by atoms with E-state index in [9.17, 15) is 0 Å². The van der Waals surface area contributed by atoms with Gasteiger partial charge >= 0.3 is 0 Å². The molecule has 0 N–H and O–H groups in total. The first-order chi connectivity index (χ1) is 4.88. The van der Waals surface area contributed by atoms with Crippen molar-refractivity contribution in [3.8, 4) is 0 Å². The molecular weight excluding hydrogens is 194 g/mol. The number of hydrogen-bond acceptors (Lipinski definition) is 2. The van der Waals surface area contributed by atoms with E-state index < -0.39 is 0 Å². The van der Waals surface area contributed by atoms with Crippen LogP contribution in [0.15, 0.2) is 11.1 Å². The predicted octanol–water partition coefficient (Wildman–Crippen LogP) is 1.77. The number of halogens is 1. The molecule has 0 aliphatic heterocycles. The van der Waals surface area contributed by atoms with Crippen LogP contribution in [-0.4, -0.2) is 14.8 Å². The fourth-order valence-corrected chi connectivity index (χ4v) is 1.58. The monoisotopic (exact) mass is 201 g/mol. The van der Waals surface area contributed by atoms with E-state index in [1.165, 1.54) is 19.3 Å². The Hall–Kier alpha value is -0.380. The van der Waals surface area contributed by atoms with Crippen molar-refractivity contribution in [3.63, 3.8) is 0 Å². The quantitative estimate of drug-likeness (QED) is 0.694. The topological polar surface area (TPSA) is 30.7 Å². The summed E-state index contributed by atoms with van der Waals surface area (Å²) in [6.45, 7) is 0. The molecule has 2 rings (SSSR count). The summed E-state index contributed by atoms with van der Waals surface area (Å²) in [6.07, 6.45) is 5.42. The van der Waals surface area contributed by atoms with Crippen molar-refractivity contribution in [1.29, 1.82) is 0 Å². The van der Waals surface area contributed by atoms with Crippen molar-refractivity contribution in [1.82, 2.24) is 14.8 Å². The molecule has 1 aliphatic rings. The van der Waals surface area contributed by atoms with E-state index in [0.29, 0.717) is 6.04 Å². The summed E-state index contributed by atoms with van der Waals surface area (Å²) in [5.41, 5.74) is 0. The van der Waals surface area contributed by atoms with Crippen molar-refractivity contribution in [2.45, 2.75) is 25.3 Å². The molecule has 4 heteroatoms.